The highest BCUT2D eigenvalue weighted by Crippen LogP contribution is 2.31. The fourth-order valence-electron chi connectivity index (χ4n) is 2.53. The van der Waals surface area contributed by atoms with Gasteiger partial charge in [-0.1, -0.05) is 43.6 Å². The van der Waals surface area contributed by atoms with Gasteiger partial charge in [0, 0.05) is 23.0 Å². The highest BCUT2D eigenvalue weighted by Gasteiger charge is 2.09. The van der Waals surface area contributed by atoms with Gasteiger partial charge in [0.2, 0.25) is 0 Å². The molecule has 2 aromatic carbocycles. The van der Waals surface area contributed by atoms with Gasteiger partial charge >= 0.3 is 0 Å². The van der Waals surface area contributed by atoms with Crippen LogP contribution in [-0.2, 0) is 0 Å². The zero-order valence-corrected chi connectivity index (χ0v) is 12.4. The van der Waals surface area contributed by atoms with E-state index in [0.29, 0.717) is 5.92 Å². The standard InChI is InChI=1S/C18H16ClN/c1-12(2)17-7-8-20-11-18(17)15-4-3-14-10-16(19)6-5-13(14)9-15/h3-12H,1-2H3. The molecule has 0 radical (unpaired) electrons. The van der Waals surface area contributed by atoms with E-state index < -0.39 is 0 Å². The van der Waals surface area contributed by atoms with Crippen LogP contribution in [-0.4, -0.2) is 4.98 Å². The van der Waals surface area contributed by atoms with Crippen molar-refractivity contribution in [3.63, 3.8) is 0 Å². The maximum Gasteiger partial charge on any atom is 0.0412 e. The Hall–Kier alpha value is -1.86. The molecule has 2 heteroatoms. The molecule has 0 saturated carbocycles. The molecule has 1 aromatic heterocycles. The molecule has 0 fully saturated rings. The number of hydrogen-bond donors (Lipinski definition) is 0. The average Bonchev–Trinajstić information content (AvgIpc) is 2.46. The molecule has 0 amide bonds. The van der Waals surface area contributed by atoms with Crippen molar-refractivity contribution in [1.29, 1.82) is 0 Å². The van der Waals surface area contributed by atoms with Gasteiger partial charge in [-0.05, 0) is 52.1 Å². The minimum Gasteiger partial charge on any atom is -0.264 e. The molecule has 0 aliphatic rings. The molecule has 0 atom stereocenters. The van der Waals surface area contributed by atoms with E-state index in [0.717, 1.165) is 10.4 Å². The number of fused-ring (bicyclic) bond motifs is 1. The second kappa shape index (κ2) is 5.26. The van der Waals surface area contributed by atoms with Crippen LogP contribution in [0, 0.1) is 0 Å². The molecule has 0 unspecified atom stereocenters. The Kier molecular flexibility index (Phi) is 3.45. The van der Waals surface area contributed by atoms with E-state index in [1.54, 1.807) is 0 Å². The van der Waals surface area contributed by atoms with E-state index in [9.17, 15) is 0 Å². The van der Waals surface area contributed by atoms with E-state index in [1.165, 1.54) is 22.1 Å². The lowest BCUT2D eigenvalue weighted by molar-refractivity contribution is 0.865. The summed E-state index contributed by atoms with van der Waals surface area (Å²) in [7, 11) is 0. The molecule has 0 N–H and O–H groups in total. The van der Waals surface area contributed by atoms with Crippen molar-refractivity contribution in [3.05, 3.63) is 65.4 Å². The van der Waals surface area contributed by atoms with Gasteiger partial charge in [-0.15, -0.1) is 0 Å². The van der Waals surface area contributed by atoms with Crippen molar-refractivity contribution < 1.29 is 0 Å². The van der Waals surface area contributed by atoms with Crippen LogP contribution in [0.1, 0.15) is 25.3 Å². The Morgan fingerprint density at radius 1 is 0.950 bits per heavy atom. The lowest BCUT2D eigenvalue weighted by Gasteiger charge is -2.12. The minimum absolute atomic E-state index is 0.480. The topological polar surface area (TPSA) is 12.9 Å². The predicted molar refractivity (Wildman–Crippen MR) is 86.3 cm³/mol. The smallest absolute Gasteiger partial charge is 0.0412 e. The summed E-state index contributed by atoms with van der Waals surface area (Å²) in [5.41, 5.74) is 3.74. The summed E-state index contributed by atoms with van der Waals surface area (Å²) in [4.78, 5) is 4.28. The van der Waals surface area contributed by atoms with Crippen LogP contribution in [0.2, 0.25) is 5.02 Å². The van der Waals surface area contributed by atoms with Crippen LogP contribution in [0.15, 0.2) is 54.9 Å². The molecule has 0 saturated heterocycles. The number of pyridine rings is 1. The molecular formula is C18H16ClN. The van der Waals surface area contributed by atoms with Crippen LogP contribution >= 0.6 is 11.6 Å². The highest BCUT2D eigenvalue weighted by molar-refractivity contribution is 6.31. The third kappa shape index (κ3) is 2.41. The van der Waals surface area contributed by atoms with E-state index >= 15 is 0 Å². The van der Waals surface area contributed by atoms with Crippen molar-refractivity contribution in [2.75, 3.05) is 0 Å². The van der Waals surface area contributed by atoms with Gasteiger partial charge in [-0.25, -0.2) is 0 Å². The predicted octanol–water partition coefficient (Wildman–Crippen LogP) is 5.68. The van der Waals surface area contributed by atoms with Crippen LogP contribution in [0.5, 0.6) is 0 Å². The molecule has 100 valence electrons. The Bertz CT molecular complexity index is 762. The summed E-state index contributed by atoms with van der Waals surface area (Å²) < 4.78 is 0. The lowest BCUT2D eigenvalue weighted by atomic mass is 9.93. The largest absolute Gasteiger partial charge is 0.264 e. The van der Waals surface area contributed by atoms with Crippen molar-refractivity contribution in [3.8, 4) is 11.1 Å². The second-order valence-electron chi connectivity index (χ2n) is 5.32. The summed E-state index contributed by atoms with van der Waals surface area (Å²) in [5.74, 6) is 0.480. The summed E-state index contributed by atoms with van der Waals surface area (Å²) in [5, 5.41) is 3.14. The molecule has 1 nitrogen and oxygen atoms in total. The Balaban J connectivity index is 2.18. The van der Waals surface area contributed by atoms with Gasteiger partial charge in [0.25, 0.3) is 0 Å². The van der Waals surface area contributed by atoms with Crippen molar-refractivity contribution in [1.82, 2.24) is 4.98 Å². The Morgan fingerprint density at radius 2 is 1.70 bits per heavy atom. The fraction of sp³-hybridized carbons (Fsp3) is 0.167. The summed E-state index contributed by atoms with van der Waals surface area (Å²) in [6.45, 7) is 4.42. The summed E-state index contributed by atoms with van der Waals surface area (Å²) in [6, 6.07) is 14.6. The SMILES string of the molecule is CC(C)c1ccncc1-c1ccc2cc(Cl)ccc2c1. The van der Waals surface area contributed by atoms with Crippen LogP contribution < -0.4 is 0 Å². The average molecular weight is 282 g/mol. The van der Waals surface area contributed by atoms with E-state index in [1.807, 2.05) is 24.5 Å². The maximum absolute atomic E-state index is 6.03. The molecule has 0 bridgehead atoms. The third-order valence-electron chi connectivity index (χ3n) is 3.59. The van der Waals surface area contributed by atoms with E-state index in [4.69, 9.17) is 11.6 Å². The number of aromatic nitrogens is 1. The summed E-state index contributed by atoms with van der Waals surface area (Å²) in [6.07, 6.45) is 3.81. The molecule has 3 aromatic rings. The highest BCUT2D eigenvalue weighted by atomic mass is 35.5. The second-order valence-corrected chi connectivity index (χ2v) is 5.76. The molecule has 1 heterocycles. The molecule has 3 rings (SSSR count). The van der Waals surface area contributed by atoms with Crippen LogP contribution in [0.3, 0.4) is 0 Å². The molecule has 20 heavy (non-hydrogen) atoms. The van der Waals surface area contributed by atoms with Gasteiger partial charge in [0.1, 0.15) is 0 Å². The van der Waals surface area contributed by atoms with E-state index in [2.05, 4.69) is 49.2 Å². The molecule has 0 spiro atoms. The normalized spacial score (nSPS) is 11.2. The molecule has 0 aliphatic heterocycles. The van der Waals surface area contributed by atoms with Gasteiger partial charge in [0.15, 0.2) is 0 Å². The maximum atomic E-state index is 6.03. The molecular weight excluding hydrogens is 266 g/mol. The van der Waals surface area contributed by atoms with Crippen molar-refractivity contribution in [2.45, 2.75) is 19.8 Å². The van der Waals surface area contributed by atoms with Crippen LogP contribution in [0.4, 0.5) is 0 Å². The van der Waals surface area contributed by atoms with Crippen LogP contribution in [0.25, 0.3) is 21.9 Å². The third-order valence-corrected chi connectivity index (χ3v) is 3.83. The Morgan fingerprint density at radius 3 is 2.50 bits per heavy atom. The quantitative estimate of drug-likeness (QED) is 0.589. The number of benzene rings is 2. The first kappa shape index (κ1) is 13.1. The summed E-state index contributed by atoms with van der Waals surface area (Å²) >= 11 is 6.03. The Labute approximate surface area is 124 Å². The minimum atomic E-state index is 0.480. The first-order valence-corrected chi connectivity index (χ1v) is 7.16. The number of hydrogen-bond acceptors (Lipinski definition) is 1. The van der Waals surface area contributed by atoms with Crippen molar-refractivity contribution in [2.24, 2.45) is 0 Å². The molecule has 0 aliphatic carbocycles. The van der Waals surface area contributed by atoms with Gasteiger partial charge in [0.05, 0.1) is 0 Å². The first-order chi connectivity index (χ1) is 9.65. The monoisotopic (exact) mass is 281 g/mol. The van der Waals surface area contributed by atoms with Crippen molar-refractivity contribution >= 4 is 22.4 Å². The zero-order valence-electron chi connectivity index (χ0n) is 11.6. The number of halogens is 1. The fourth-order valence-corrected chi connectivity index (χ4v) is 2.71. The zero-order chi connectivity index (χ0) is 14.1. The van der Waals surface area contributed by atoms with Gasteiger partial charge in [-0.3, -0.25) is 4.98 Å². The van der Waals surface area contributed by atoms with E-state index in [-0.39, 0.29) is 0 Å². The first-order valence-electron chi connectivity index (χ1n) is 6.79. The number of nitrogens with zero attached hydrogens (tertiary/aromatic N) is 1. The van der Waals surface area contributed by atoms with Gasteiger partial charge in [-0.2, -0.15) is 0 Å². The van der Waals surface area contributed by atoms with Gasteiger partial charge < -0.3 is 0 Å². The lowest BCUT2D eigenvalue weighted by Crippen LogP contribution is -1.93. The number of rotatable bonds is 2.